The number of amides is 1. The molecule has 3 aromatic rings. The first-order chi connectivity index (χ1) is 10.2. The molecule has 0 saturated carbocycles. The van der Waals surface area contributed by atoms with Crippen LogP contribution in [-0.4, -0.2) is 10.9 Å². The standard InChI is InChI=1S/C15H11IN2OS2/c16-11-4-1-2-5-12(11)18-14(19)8-10-9-21-15(17-10)13-6-3-7-20-13/h1-7,9H,8H2,(H,18,19). The summed E-state index contributed by atoms with van der Waals surface area (Å²) >= 11 is 5.44. The highest BCUT2D eigenvalue weighted by Gasteiger charge is 2.10. The molecule has 0 atom stereocenters. The van der Waals surface area contributed by atoms with E-state index in [4.69, 9.17) is 0 Å². The third-order valence-electron chi connectivity index (χ3n) is 2.77. The van der Waals surface area contributed by atoms with Crippen LogP contribution in [-0.2, 0) is 11.2 Å². The van der Waals surface area contributed by atoms with Gasteiger partial charge in [0.15, 0.2) is 0 Å². The van der Waals surface area contributed by atoms with Crippen LogP contribution in [0.1, 0.15) is 5.69 Å². The molecule has 21 heavy (non-hydrogen) atoms. The second-order valence-electron chi connectivity index (χ2n) is 4.33. The fourth-order valence-electron chi connectivity index (χ4n) is 1.82. The predicted molar refractivity (Wildman–Crippen MR) is 96.9 cm³/mol. The maximum atomic E-state index is 12.1. The van der Waals surface area contributed by atoms with Crippen LogP contribution < -0.4 is 5.32 Å². The normalized spacial score (nSPS) is 10.5. The Hall–Kier alpha value is -1.25. The maximum Gasteiger partial charge on any atom is 0.230 e. The molecular formula is C15H11IN2OS2. The third kappa shape index (κ3) is 3.69. The van der Waals surface area contributed by atoms with Crippen molar-refractivity contribution in [2.75, 3.05) is 5.32 Å². The Balaban J connectivity index is 1.67. The first-order valence-corrected chi connectivity index (χ1v) is 9.09. The molecule has 0 aliphatic rings. The molecule has 2 aromatic heterocycles. The highest BCUT2D eigenvalue weighted by atomic mass is 127. The summed E-state index contributed by atoms with van der Waals surface area (Å²) in [6.45, 7) is 0. The molecule has 0 fully saturated rings. The van der Waals surface area contributed by atoms with E-state index < -0.39 is 0 Å². The Kier molecular flexibility index (Phi) is 4.67. The number of thiazole rings is 1. The summed E-state index contributed by atoms with van der Waals surface area (Å²) in [5.74, 6) is -0.0397. The zero-order valence-corrected chi connectivity index (χ0v) is 14.7. The number of para-hydroxylation sites is 1. The van der Waals surface area contributed by atoms with Crippen LogP contribution in [0.25, 0.3) is 9.88 Å². The molecule has 0 aliphatic heterocycles. The first-order valence-electron chi connectivity index (χ1n) is 6.25. The fraction of sp³-hybridized carbons (Fsp3) is 0.0667. The average molecular weight is 426 g/mol. The summed E-state index contributed by atoms with van der Waals surface area (Å²) < 4.78 is 1.03. The molecule has 0 unspecified atom stereocenters. The monoisotopic (exact) mass is 426 g/mol. The number of hydrogen-bond acceptors (Lipinski definition) is 4. The van der Waals surface area contributed by atoms with Crippen molar-refractivity contribution in [2.24, 2.45) is 0 Å². The Morgan fingerprint density at radius 3 is 2.81 bits per heavy atom. The Labute approximate surface area is 144 Å². The number of nitrogens with zero attached hydrogens (tertiary/aromatic N) is 1. The lowest BCUT2D eigenvalue weighted by atomic mass is 10.3. The van der Waals surface area contributed by atoms with Crippen molar-refractivity contribution in [2.45, 2.75) is 6.42 Å². The number of rotatable bonds is 4. The van der Waals surface area contributed by atoms with E-state index in [2.05, 4.69) is 32.9 Å². The zero-order chi connectivity index (χ0) is 14.7. The summed E-state index contributed by atoms with van der Waals surface area (Å²) in [5, 5.41) is 7.87. The largest absolute Gasteiger partial charge is 0.325 e. The Morgan fingerprint density at radius 2 is 2.05 bits per heavy atom. The molecule has 3 rings (SSSR count). The van der Waals surface area contributed by atoms with Gasteiger partial charge in [-0.2, -0.15) is 0 Å². The van der Waals surface area contributed by atoms with Crippen molar-refractivity contribution in [1.29, 1.82) is 0 Å². The number of hydrogen-bond donors (Lipinski definition) is 1. The number of thiophene rings is 1. The summed E-state index contributed by atoms with van der Waals surface area (Å²) in [5.41, 5.74) is 1.66. The molecule has 1 aromatic carbocycles. The minimum atomic E-state index is -0.0397. The fourth-order valence-corrected chi connectivity index (χ4v) is 3.98. The van der Waals surface area contributed by atoms with Crippen LogP contribution in [0, 0.1) is 3.57 Å². The number of aromatic nitrogens is 1. The van der Waals surface area contributed by atoms with Crippen LogP contribution >= 0.6 is 45.3 Å². The Bertz CT molecular complexity index is 753. The smallest absolute Gasteiger partial charge is 0.230 e. The number of anilines is 1. The maximum absolute atomic E-state index is 12.1. The first kappa shape index (κ1) is 14.7. The predicted octanol–water partition coefficient (Wildman–Crippen LogP) is 4.66. The second kappa shape index (κ2) is 6.67. The van der Waals surface area contributed by atoms with E-state index in [0.29, 0.717) is 6.42 Å². The molecular weight excluding hydrogens is 415 g/mol. The third-order valence-corrected chi connectivity index (χ3v) is 5.64. The van der Waals surface area contributed by atoms with Gasteiger partial charge in [0, 0.05) is 8.95 Å². The lowest BCUT2D eigenvalue weighted by Crippen LogP contribution is -2.15. The molecule has 2 heterocycles. The highest BCUT2D eigenvalue weighted by Crippen LogP contribution is 2.28. The number of benzene rings is 1. The molecule has 0 radical (unpaired) electrons. The lowest BCUT2D eigenvalue weighted by molar-refractivity contribution is -0.115. The number of nitrogens with one attached hydrogen (secondary N) is 1. The zero-order valence-electron chi connectivity index (χ0n) is 10.9. The molecule has 3 nitrogen and oxygen atoms in total. The van der Waals surface area contributed by atoms with Gasteiger partial charge in [0.05, 0.1) is 22.7 Å². The summed E-state index contributed by atoms with van der Waals surface area (Å²) in [7, 11) is 0. The van der Waals surface area contributed by atoms with Gasteiger partial charge in [-0.1, -0.05) is 18.2 Å². The van der Waals surface area contributed by atoms with Crippen LogP contribution in [0.3, 0.4) is 0 Å². The Morgan fingerprint density at radius 1 is 1.19 bits per heavy atom. The van der Waals surface area contributed by atoms with Gasteiger partial charge in [0.1, 0.15) is 5.01 Å². The SMILES string of the molecule is O=C(Cc1csc(-c2cccs2)n1)Nc1ccccc1I. The van der Waals surface area contributed by atoms with Gasteiger partial charge in [0.25, 0.3) is 0 Å². The number of carbonyl (C=O) groups is 1. The molecule has 1 amide bonds. The van der Waals surface area contributed by atoms with E-state index in [1.54, 1.807) is 22.7 Å². The van der Waals surface area contributed by atoms with E-state index in [1.165, 1.54) is 0 Å². The van der Waals surface area contributed by atoms with E-state index in [0.717, 1.165) is 24.8 Å². The van der Waals surface area contributed by atoms with Gasteiger partial charge in [0.2, 0.25) is 5.91 Å². The van der Waals surface area contributed by atoms with Crippen LogP contribution in [0.5, 0.6) is 0 Å². The highest BCUT2D eigenvalue weighted by molar-refractivity contribution is 14.1. The quantitative estimate of drug-likeness (QED) is 0.617. The second-order valence-corrected chi connectivity index (χ2v) is 7.29. The van der Waals surface area contributed by atoms with E-state index in [-0.39, 0.29) is 5.91 Å². The number of carbonyl (C=O) groups excluding carboxylic acids is 1. The van der Waals surface area contributed by atoms with E-state index >= 15 is 0 Å². The van der Waals surface area contributed by atoms with E-state index in [1.807, 2.05) is 47.2 Å². The molecule has 106 valence electrons. The molecule has 6 heteroatoms. The summed E-state index contributed by atoms with van der Waals surface area (Å²) in [4.78, 5) is 17.7. The lowest BCUT2D eigenvalue weighted by Gasteiger charge is -2.05. The summed E-state index contributed by atoms with van der Waals surface area (Å²) in [6.07, 6.45) is 0.298. The van der Waals surface area contributed by atoms with Gasteiger partial charge in [-0.3, -0.25) is 4.79 Å². The molecule has 0 saturated heterocycles. The van der Waals surface area contributed by atoms with Crippen molar-refractivity contribution >= 4 is 56.9 Å². The molecule has 0 spiro atoms. The van der Waals surface area contributed by atoms with Crippen LogP contribution in [0.15, 0.2) is 47.2 Å². The van der Waals surface area contributed by atoms with Crippen LogP contribution in [0.4, 0.5) is 5.69 Å². The number of halogens is 1. The van der Waals surface area contributed by atoms with Crippen molar-refractivity contribution in [3.05, 3.63) is 56.4 Å². The van der Waals surface area contributed by atoms with Gasteiger partial charge in [-0.05, 0) is 46.2 Å². The van der Waals surface area contributed by atoms with Gasteiger partial charge >= 0.3 is 0 Å². The minimum Gasteiger partial charge on any atom is -0.325 e. The van der Waals surface area contributed by atoms with Crippen molar-refractivity contribution < 1.29 is 4.79 Å². The van der Waals surface area contributed by atoms with Gasteiger partial charge in [-0.25, -0.2) is 4.98 Å². The van der Waals surface area contributed by atoms with E-state index in [9.17, 15) is 4.79 Å². The molecule has 1 N–H and O–H groups in total. The van der Waals surface area contributed by atoms with Crippen molar-refractivity contribution in [3.63, 3.8) is 0 Å². The topological polar surface area (TPSA) is 42.0 Å². The van der Waals surface area contributed by atoms with Crippen molar-refractivity contribution in [1.82, 2.24) is 4.98 Å². The van der Waals surface area contributed by atoms with Crippen LogP contribution in [0.2, 0.25) is 0 Å². The van der Waals surface area contributed by atoms with Gasteiger partial charge < -0.3 is 5.32 Å². The summed E-state index contributed by atoms with van der Waals surface area (Å²) in [6, 6.07) is 11.8. The van der Waals surface area contributed by atoms with Gasteiger partial charge in [-0.15, -0.1) is 22.7 Å². The van der Waals surface area contributed by atoms with Crippen molar-refractivity contribution in [3.8, 4) is 9.88 Å². The average Bonchev–Trinajstić information content (AvgIpc) is 3.12. The molecule has 0 aliphatic carbocycles. The molecule has 0 bridgehead atoms. The minimum absolute atomic E-state index is 0.0397.